The van der Waals surface area contributed by atoms with Gasteiger partial charge in [0, 0.05) is 5.69 Å². The highest BCUT2D eigenvalue weighted by Crippen LogP contribution is 2.25. The average molecular weight is 413 g/mol. The molecule has 0 fully saturated rings. The van der Waals surface area contributed by atoms with Crippen LogP contribution >= 0.6 is 11.8 Å². The van der Waals surface area contributed by atoms with Gasteiger partial charge in [0.05, 0.1) is 23.1 Å². The summed E-state index contributed by atoms with van der Waals surface area (Å²) in [5.41, 5.74) is 1.41. The van der Waals surface area contributed by atoms with Crippen LogP contribution < -0.4 is 10.1 Å². The van der Waals surface area contributed by atoms with Crippen molar-refractivity contribution in [1.82, 2.24) is 20.2 Å². The maximum atomic E-state index is 12.5. The van der Waals surface area contributed by atoms with Gasteiger partial charge in [-0.3, -0.25) is 4.79 Å². The largest absolute Gasteiger partial charge is 0.494 e. The van der Waals surface area contributed by atoms with E-state index in [4.69, 9.17) is 9.84 Å². The zero-order chi connectivity index (χ0) is 20.8. The molecule has 2 aromatic carbocycles. The van der Waals surface area contributed by atoms with E-state index in [-0.39, 0.29) is 11.5 Å². The van der Waals surface area contributed by atoms with Crippen molar-refractivity contribution >= 4 is 29.3 Å². The molecule has 3 rings (SSSR count). The molecule has 0 spiro atoms. The number of amides is 1. The number of aromatic nitrogens is 4. The fourth-order valence-corrected chi connectivity index (χ4v) is 3.22. The Hall–Kier alpha value is -3.40. The van der Waals surface area contributed by atoms with Gasteiger partial charge in [0.15, 0.2) is 0 Å². The fourth-order valence-electron chi connectivity index (χ4n) is 2.42. The fraction of sp³-hybridized carbons (Fsp3) is 0.211. The number of hydrogen-bond donors (Lipinski definition) is 2. The second kappa shape index (κ2) is 9.20. The van der Waals surface area contributed by atoms with Crippen molar-refractivity contribution in [2.24, 2.45) is 0 Å². The highest BCUT2D eigenvalue weighted by molar-refractivity contribution is 8.00. The summed E-state index contributed by atoms with van der Waals surface area (Å²) >= 11 is 1.21. The number of carboxylic acids is 1. The molecule has 2 N–H and O–H groups in total. The molecule has 0 aliphatic carbocycles. The minimum Gasteiger partial charge on any atom is -0.494 e. The van der Waals surface area contributed by atoms with E-state index in [0.29, 0.717) is 17.5 Å². The van der Waals surface area contributed by atoms with E-state index in [1.807, 2.05) is 31.2 Å². The normalized spacial score (nSPS) is 11.7. The number of nitrogens with zero attached hydrogens (tertiary/aromatic N) is 4. The van der Waals surface area contributed by atoms with Gasteiger partial charge in [-0.1, -0.05) is 11.8 Å². The summed E-state index contributed by atoms with van der Waals surface area (Å²) in [4.78, 5) is 23.4. The lowest BCUT2D eigenvalue weighted by atomic mass is 10.2. The molecule has 9 nitrogen and oxygen atoms in total. The number of anilines is 1. The number of carbonyl (C=O) groups excluding carboxylic acids is 1. The second-order valence-electron chi connectivity index (χ2n) is 5.93. The summed E-state index contributed by atoms with van der Waals surface area (Å²) in [6.07, 6.45) is 0. The number of aromatic carboxylic acids is 1. The first-order valence-corrected chi connectivity index (χ1v) is 9.68. The topological polar surface area (TPSA) is 119 Å². The summed E-state index contributed by atoms with van der Waals surface area (Å²) < 4.78 is 6.98. The van der Waals surface area contributed by atoms with Crippen molar-refractivity contribution < 1.29 is 19.4 Å². The van der Waals surface area contributed by atoms with Crippen LogP contribution in [0.3, 0.4) is 0 Å². The van der Waals surface area contributed by atoms with Crippen molar-refractivity contribution in [1.29, 1.82) is 0 Å². The summed E-state index contributed by atoms with van der Waals surface area (Å²) in [5, 5.41) is 23.4. The van der Waals surface area contributed by atoms with Gasteiger partial charge in [-0.2, -0.15) is 4.68 Å². The molecule has 29 heavy (non-hydrogen) atoms. The maximum Gasteiger partial charge on any atom is 0.335 e. The minimum atomic E-state index is -1.02. The molecule has 0 radical (unpaired) electrons. The zero-order valence-electron chi connectivity index (χ0n) is 15.8. The van der Waals surface area contributed by atoms with Crippen LogP contribution in [-0.4, -0.2) is 49.0 Å². The number of hydrogen-bond acceptors (Lipinski definition) is 7. The Morgan fingerprint density at radius 2 is 1.86 bits per heavy atom. The predicted molar refractivity (Wildman–Crippen MR) is 108 cm³/mol. The van der Waals surface area contributed by atoms with Crippen LogP contribution in [-0.2, 0) is 4.79 Å². The minimum absolute atomic E-state index is 0.153. The van der Waals surface area contributed by atoms with Crippen molar-refractivity contribution in [3.8, 4) is 11.4 Å². The number of rotatable bonds is 8. The number of carbonyl (C=O) groups is 2. The number of thioether (sulfide) groups is 1. The molecule has 1 atom stereocenters. The summed E-state index contributed by atoms with van der Waals surface area (Å²) in [7, 11) is 0. The molecule has 0 unspecified atom stereocenters. The highest BCUT2D eigenvalue weighted by Gasteiger charge is 2.19. The lowest BCUT2D eigenvalue weighted by Gasteiger charge is -2.12. The van der Waals surface area contributed by atoms with Gasteiger partial charge in [-0.25, -0.2) is 4.79 Å². The number of nitrogens with one attached hydrogen (secondary N) is 1. The van der Waals surface area contributed by atoms with Gasteiger partial charge in [0.1, 0.15) is 5.75 Å². The van der Waals surface area contributed by atoms with Crippen molar-refractivity contribution in [2.45, 2.75) is 24.3 Å². The Balaban J connectivity index is 1.66. The van der Waals surface area contributed by atoms with Crippen molar-refractivity contribution in [2.75, 3.05) is 11.9 Å². The number of carboxylic acid groups (broad SMARTS) is 1. The Morgan fingerprint density at radius 1 is 1.17 bits per heavy atom. The van der Waals surface area contributed by atoms with Crippen LogP contribution in [0, 0.1) is 0 Å². The molecule has 1 aromatic heterocycles. The van der Waals surface area contributed by atoms with Crippen LogP contribution in [0.4, 0.5) is 5.69 Å². The summed E-state index contributed by atoms with van der Waals surface area (Å²) in [6.45, 7) is 4.23. The van der Waals surface area contributed by atoms with Gasteiger partial charge in [0.2, 0.25) is 11.1 Å². The van der Waals surface area contributed by atoms with E-state index >= 15 is 0 Å². The van der Waals surface area contributed by atoms with E-state index in [1.165, 1.54) is 23.9 Å². The van der Waals surface area contributed by atoms with Crippen molar-refractivity contribution in [3.63, 3.8) is 0 Å². The van der Waals surface area contributed by atoms with Gasteiger partial charge < -0.3 is 15.2 Å². The molecular formula is C19H19N5O4S. The SMILES string of the molecule is CCOc1ccc(-n2nnnc2S[C@H](C)C(=O)Nc2ccc(C(=O)O)cc2)cc1. The second-order valence-corrected chi connectivity index (χ2v) is 7.24. The van der Waals surface area contributed by atoms with E-state index in [0.717, 1.165) is 11.4 Å². The Morgan fingerprint density at radius 3 is 2.48 bits per heavy atom. The van der Waals surface area contributed by atoms with E-state index < -0.39 is 11.2 Å². The Kier molecular flexibility index (Phi) is 6.45. The van der Waals surface area contributed by atoms with Crippen molar-refractivity contribution in [3.05, 3.63) is 54.1 Å². The maximum absolute atomic E-state index is 12.5. The highest BCUT2D eigenvalue weighted by atomic mass is 32.2. The lowest BCUT2D eigenvalue weighted by molar-refractivity contribution is -0.115. The molecule has 1 amide bonds. The quantitative estimate of drug-likeness (QED) is 0.541. The third-order valence-electron chi connectivity index (χ3n) is 3.88. The van der Waals surface area contributed by atoms with Crippen LogP contribution in [0.5, 0.6) is 5.75 Å². The number of benzene rings is 2. The molecule has 150 valence electrons. The molecule has 1 heterocycles. The zero-order valence-corrected chi connectivity index (χ0v) is 16.6. The predicted octanol–water partition coefficient (Wildman–Crippen LogP) is 2.88. The summed E-state index contributed by atoms with van der Waals surface area (Å²) in [6, 6.07) is 13.3. The standard InChI is InChI=1S/C19H19N5O4S/c1-3-28-16-10-8-15(9-11-16)24-19(21-22-23-24)29-12(2)17(25)20-14-6-4-13(5-7-14)18(26)27/h4-12H,3H2,1-2H3,(H,20,25)(H,26,27)/t12-/m1/s1. The molecule has 10 heteroatoms. The summed E-state index contributed by atoms with van der Waals surface area (Å²) in [5.74, 6) is -0.521. The van der Waals surface area contributed by atoms with Gasteiger partial charge in [-0.15, -0.1) is 5.10 Å². The van der Waals surface area contributed by atoms with Crippen LogP contribution in [0.2, 0.25) is 0 Å². The first-order chi connectivity index (χ1) is 14.0. The van der Waals surface area contributed by atoms with E-state index in [2.05, 4.69) is 20.8 Å². The molecule has 0 aliphatic heterocycles. The first-order valence-electron chi connectivity index (χ1n) is 8.80. The lowest BCUT2D eigenvalue weighted by Crippen LogP contribution is -2.23. The number of ether oxygens (including phenoxy) is 1. The molecule has 0 bridgehead atoms. The first kappa shape index (κ1) is 20.3. The third kappa shape index (κ3) is 5.11. The third-order valence-corrected chi connectivity index (χ3v) is 4.92. The number of tetrazole rings is 1. The van der Waals surface area contributed by atoms with E-state index in [9.17, 15) is 9.59 Å². The van der Waals surface area contributed by atoms with Gasteiger partial charge in [-0.05, 0) is 72.8 Å². The molecule has 3 aromatic rings. The molecule has 0 saturated carbocycles. The Labute approximate surface area is 171 Å². The molecular weight excluding hydrogens is 394 g/mol. The monoisotopic (exact) mass is 413 g/mol. The molecule has 0 aliphatic rings. The molecule has 0 saturated heterocycles. The van der Waals surface area contributed by atoms with Gasteiger partial charge in [0.25, 0.3) is 0 Å². The van der Waals surface area contributed by atoms with Gasteiger partial charge >= 0.3 is 5.97 Å². The Bertz CT molecular complexity index is 989. The average Bonchev–Trinajstić information content (AvgIpc) is 3.17. The smallest absolute Gasteiger partial charge is 0.335 e. The van der Waals surface area contributed by atoms with Crippen LogP contribution in [0.25, 0.3) is 5.69 Å². The van der Waals surface area contributed by atoms with Crippen LogP contribution in [0.15, 0.2) is 53.7 Å². The van der Waals surface area contributed by atoms with Crippen LogP contribution in [0.1, 0.15) is 24.2 Å². The van der Waals surface area contributed by atoms with E-state index in [1.54, 1.807) is 23.7 Å².